The van der Waals surface area contributed by atoms with Crippen molar-refractivity contribution in [3.05, 3.63) is 64.6 Å². The Hall–Kier alpha value is -2.94. The van der Waals surface area contributed by atoms with E-state index in [0.29, 0.717) is 17.0 Å². The number of sulfonamides is 1. The zero-order valence-electron chi connectivity index (χ0n) is 12.0. The van der Waals surface area contributed by atoms with Gasteiger partial charge in [-0.2, -0.15) is 0 Å². The summed E-state index contributed by atoms with van der Waals surface area (Å²) in [5.41, 5.74) is 1.16. The Morgan fingerprint density at radius 3 is 2.70 bits per heavy atom. The van der Waals surface area contributed by atoms with E-state index in [-0.39, 0.29) is 4.90 Å². The Morgan fingerprint density at radius 2 is 1.96 bits per heavy atom. The maximum Gasteiger partial charge on any atom is 0.289 e. The van der Waals surface area contributed by atoms with Gasteiger partial charge in [0.2, 0.25) is 0 Å². The van der Waals surface area contributed by atoms with Gasteiger partial charge in [0.15, 0.2) is 4.90 Å². The minimum Gasteiger partial charge on any atom is -0.302 e. The van der Waals surface area contributed by atoms with Crippen molar-refractivity contribution >= 4 is 27.0 Å². The number of aromatic nitrogens is 2. The number of pyridine rings is 1. The third kappa shape index (κ3) is 2.61. The van der Waals surface area contributed by atoms with Gasteiger partial charge in [-0.05, 0) is 25.1 Å². The van der Waals surface area contributed by atoms with Crippen LogP contribution in [0.2, 0.25) is 0 Å². The molecule has 0 aliphatic rings. The highest BCUT2D eigenvalue weighted by molar-refractivity contribution is 7.92. The molecule has 8 nitrogen and oxygen atoms in total. The molecular formula is C14H12N4O4S. The topological polar surface area (TPSA) is 107 Å². The molecule has 0 fully saturated rings. The molecule has 0 aliphatic carbocycles. The first-order chi connectivity index (χ1) is 10.9. The summed E-state index contributed by atoms with van der Waals surface area (Å²) in [6, 6.07) is 8.44. The summed E-state index contributed by atoms with van der Waals surface area (Å²) in [7, 11) is -4.09. The lowest BCUT2D eigenvalue weighted by atomic mass is 10.3. The number of aryl methyl sites for hydroxylation is 1. The highest BCUT2D eigenvalue weighted by Crippen LogP contribution is 2.26. The van der Waals surface area contributed by atoms with Gasteiger partial charge in [-0.25, -0.2) is 13.4 Å². The number of rotatable bonds is 4. The predicted octanol–water partition coefficient (Wildman–Crippen LogP) is 2.35. The Kier molecular flexibility index (Phi) is 3.49. The van der Waals surface area contributed by atoms with E-state index in [1.165, 1.54) is 18.2 Å². The van der Waals surface area contributed by atoms with Crippen LogP contribution < -0.4 is 4.72 Å². The molecule has 118 valence electrons. The van der Waals surface area contributed by atoms with Crippen LogP contribution in [0.3, 0.4) is 0 Å². The molecule has 0 aliphatic heterocycles. The summed E-state index contributed by atoms with van der Waals surface area (Å²) in [5, 5.41) is 11.0. The highest BCUT2D eigenvalue weighted by atomic mass is 32.2. The number of para-hydroxylation sites is 1. The number of nitrogens with zero attached hydrogens (tertiary/aromatic N) is 3. The van der Waals surface area contributed by atoms with Crippen molar-refractivity contribution in [3.63, 3.8) is 0 Å². The summed E-state index contributed by atoms with van der Waals surface area (Å²) in [6.07, 6.45) is 3.30. The number of anilines is 1. The lowest BCUT2D eigenvalue weighted by Gasteiger charge is -2.12. The molecule has 0 atom stereocenters. The molecule has 0 radical (unpaired) electrons. The van der Waals surface area contributed by atoms with Crippen LogP contribution in [-0.2, 0) is 10.0 Å². The molecule has 3 rings (SSSR count). The molecule has 1 N–H and O–H groups in total. The number of fused-ring (bicyclic) bond motifs is 1. The van der Waals surface area contributed by atoms with Crippen molar-refractivity contribution in [2.75, 3.05) is 4.72 Å². The van der Waals surface area contributed by atoms with E-state index in [2.05, 4.69) is 9.71 Å². The first-order valence-electron chi connectivity index (χ1n) is 6.59. The SMILES string of the molecule is Cc1c(NS(=O)(=O)c2ccccc2[N+](=O)[O-])ccc2nccn12. The molecule has 2 aromatic heterocycles. The molecule has 0 saturated heterocycles. The van der Waals surface area contributed by atoms with Gasteiger partial charge in [-0.1, -0.05) is 12.1 Å². The van der Waals surface area contributed by atoms with Crippen molar-refractivity contribution in [2.45, 2.75) is 11.8 Å². The number of hydrogen-bond acceptors (Lipinski definition) is 5. The van der Waals surface area contributed by atoms with Gasteiger partial charge in [0, 0.05) is 24.2 Å². The molecule has 3 aromatic rings. The van der Waals surface area contributed by atoms with Gasteiger partial charge < -0.3 is 4.40 Å². The molecule has 0 unspecified atom stereocenters. The lowest BCUT2D eigenvalue weighted by molar-refractivity contribution is -0.387. The maximum absolute atomic E-state index is 12.5. The van der Waals surface area contributed by atoms with E-state index in [4.69, 9.17) is 0 Å². The fourth-order valence-electron chi connectivity index (χ4n) is 2.27. The normalized spacial score (nSPS) is 11.5. The van der Waals surface area contributed by atoms with Crippen LogP contribution in [0.5, 0.6) is 0 Å². The molecule has 0 saturated carbocycles. The average Bonchev–Trinajstić information content (AvgIpc) is 2.99. The van der Waals surface area contributed by atoms with Crippen LogP contribution in [0.1, 0.15) is 5.69 Å². The summed E-state index contributed by atoms with van der Waals surface area (Å²) in [5.74, 6) is 0. The van der Waals surface area contributed by atoms with Crippen LogP contribution in [0.25, 0.3) is 5.65 Å². The zero-order chi connectivity index (χ0) is 16.6. The van der Waals surface area contributed by atoms with E-state index in [0.717, 1.165) is 6.07 Å². The largest absolute Gasteiger partial charge is 0.302 e. The Labute approximate surface area is 131 Å². The quantitative estimate of drug-likeness (QED) is 0.583. The summed E-state index contributed by atoms with van der Waals surface area (Å²) >= 11 is 0. The summed E-state index contributed by atoms with van der Waals surface area (Å²) < 4.78 is 29.1. The summed E-state index contributed by atoms with van der Waals surface area (Å²) in [6.45, 7) is 1.73. The van der Waals surface area contributed by atoms with Gasteiger partial charge >= 0.3 is 0 Å². The van der Waals surface area contributed by atoms with E-state index >= 15 is 0 Å². The Bertz CT molecular complexity index is 1010. The second-order valence-electron chi connectivity index (χ2n) is 4.82. The molecular weight excluding hydrogens is 320 g/mol. The van der Waals surface area contributed by atoms with Crippen LogP contribution in [-0.4, -0.2) is 22.7 Å². The first kappa shape index (κ1) is 15.0. The monoisotopic (exact) mass is 332 g/mol. The highest BCUT2D eigenvalue weighted by Gasteiger charge is 2.25. The van der Waals surface area contributed by atoms with Gasteiger partial charge in [-0.3, -0.25) is 14.8 Å². The predicted molar refractivity (Wildman–Crippen MR) is 83.8 cm³/mol. The van der Waals surface area contributed by atoms with Crippen molar-refractivity contribution < 1.29 is 13.3 Å². The van der Waals surface area contributed by atoms with E-state index in [1.54, 1.807) is 35.9 Å². The molecule has 0 spiro atoms. The standard InChI is InChI=1S/C14H12N4O4S/c1-10-11(6-7-14-15-8-9-17(10)14)16-23(21,22)13-5-3-2-4-12(13)18(19)20/h2-9,16H,1H3. The van der Waals surface area contributed by atoms with E-state index in [9.17, 15) is 18.5 Å². The average molecular weight is 332 g/mol. The molecule has 0 amide bonds. The molecule has 1 aromatic carbocycles. The van der Waals surface area contributed by atoms with Gasteiger partial charge in [0.25, 0.3) is 15.7 Å². The minimum absolute atomic E-state index is 0.327. The number of nitro groups is 1. The van der Waals surface area contributed by atoms with E-state index in [1.807, 2.05) is 0 Å². The van der Waals surface area contributed by atoms with Gasteiger partial charge in [-0.15, -0.1) is 0 Å². The Balaban J connectivity index is 2.07. The third-order valence-corrected chi connectivity index (χ3v) is 4.83. The van der Waals surface area contributed by atoms with E-state index < -0.39 is 20.6 Å². The summed E-state index contributed by atoms with van der Waals surface area (Å²) in [4.78, 5) is 14.0. The minimum atomic E-state index is -4.09. The Morgan fingerprint density at radius 1 is 1.22 bits per heavy atom. The zero-order valence-corrected chi connectivity index (χ0v) is 12.8. The third-order valence-electron chi connectivity index (χ3n) is 3.42. The van der Waals surface area contributed by atoms with Crippen LogP contribution >= 0.6 is 0 Å². The molecule has 0 bridgehead atoms. The van der Waals surface area contributed by atoms with Crippen LogP contribution in [0.15, 0.2) is 53.7 Å². The van der Waals surface area contributed by atoms with Crippen molar-refractivity contribution in [1.29, 1.82) is 0 Å². The van der Waals surface area contributed by atoms with Crippen LogP contribution in [0.4, 0.5) is 11.4 Å². The number of imidazole rings is 1. The molecule has 2 heterocycles. The fraction of sp³-hybridized carbons (Fsp3) is 0.0714. The van der Waals surface area contributed by atoms with Crippen molar-refractivity contribution in [1.82, 2.24) is 9.38 Å². The van der Waals surface area contributed by atoms with Crippen molar-refractivity contribution in [2.24, 2.45) is 0 Å². The number of hydrogen-bond donors (Lipinski definition) is 1. The number of benzene rings is 1. The van der Waals surface area contributed by atoms with Crippen molar-refractivity contribution in [3.8, 4) is 0 Å². The van der Waals surface area contributed by atoms with Crippen LogP contribution in [0, 0.1) is 17.0 Å². The number of nitrogens with one attached hydrogen (secondary N) is 1. The smallest absolute Gasteiger partial charge is 0.289 e. The van der Waals surface area contributed by atoms with Gasteiger partial charge in [0.1, 0.15) is 5.65 Å². The maximum atomic E-state index is 12.5. The lowest BCUT2D eigenvalue weighted by Crippen LogP contribution is -2.16. The molecule has 23 heavy (non-hydrogen) atoms. The second-order valence-corrected chi connectivity index (χ2v) is 6.47. The molecule has 9 heteroatoms. The number of nitro benzene ring substituents is 1. The first-order valence-corrected chi connectivity index (χ1v) is 8.07. The van der Waals surface area contributed by atoms with Gasteiger partial charge in [0.05, 0.1) is 10.6 Å². The second kappa shape index (κ2) is 5.36. The fourth-order valence-corrected chi connectivity index (χ4v) is 3.56.